The first-order valence-electron chi connectivity index (χ1n) is 6.08. The highest BCUT2D eigenvalue weighted by molar-refractivity contribution is 5.40. The van der Waals surface area contributed by atoms with E-state index in [9.17, 15) is 0 Å². The number of likely N-dealkylation sites (N-methyl/N-ethyl adjacent to an activating group) is 1. The third kappa shape index (κ3) is 3.63. The van der Waals surface area contributed by atoms with Crippen LogP contribution in [0.15, 0.2) is 18.2 Å². The van der Waals surface area contributed by atoms with Gasteiger partial charge in [0.2, 0.25) is 0 Å². The summed E-state index contributed by atoms with van der Waals surface area (Å²) in [6.07, 6.45) is 0. The van der Waals surface area contributed by atoms with E-state index in [0.717, 1.165) is 18.0 Å². The predicted octanol–water partition coefficient (Wildman–Crippen LogP) is 2.81. The molecule has 3 nitrogen and oxygen atoms in total. The molecule has 17 heavy (non-hydrogen) atoms. The van der Waals surface area contributed by atoms with Crippen LogP contribution >= 0.6 is 0 Å². The minimum Gasteiger partial charge on any atom is -0.497 e. The number of ether oxygens (including phenoxy) is 2. The fourth-order valence-corrected chi connectivity index (χ4v) is 1.88. The molecule has 1 rings (SSSR count). The monoisotopic (exact) mass is 237 g/mol. The molecule has 1 N–H and O–H groups in total. The summed E-state index contributed by atoms with van der Waals surface area (Å²) < 4.78 is 10.6. The molecule has 0 amide bonds. The van der Waals surface area contributed by atoms with Crippen LogP contribution < -0.4 is 14.8 Å². The second kappa shape index (κ2) is 6.50. The van der Waals surface area contributed by atoms with Crippen LogP contribution in [0.1, 0.15) is 32.3 Å². The minimum absolute atomic E-state index is 0.416. The molecule has 2 unspecified atom stereocenters. The highest BCUT2D eigenvalue weighted by Crippen LogP contribution is 2.28. The lowest BCUT2D eigenvalue weighted by atomic mass is 9.94. The minimum atomic E-state index is 0.416. The van der Waals surface area contributed by atoms with Crippen molar-refractivity contribution >= 4 is 0 Å². The standard InChI is InChI=1S/C14H23NO2/c1-6-15-11(3)10(2)12-7-13(16-4)9-14(8-12)17-5/h7-11,15H,6H2,1-5H3. The summed E-state index contributed by atoms with van der Waals surface area (Å²) in [5, 5.41) is 3.44. The molecule has 0 saturated carbocycles. The first-order chi connectivity index (χ1) is 8.12. The highest BCUT2D eigenvalue weighted by atomic mass is 16.5. The SMILES string of the molecule is CCNC(C)C(C)c1cc(OC)cc(OC)c1. The molecule has 1 aromatic carbocycles. The van der Waals surface area contributed by atoms with Gasteiger partial charge in [-0.05, 0) is 37.1 Å². The highest BCUT2D eigenvalue weighted by Gasteiger charge is 2.15. The molecule has 0 saturated heterocycles. The Labute approximate surface area is 104 Å². The van der Waals surface area contributed by atoms with Crippen LogP contribution in [0.25, 0.3) is 0 Å². The van der Waals surface area contributed by atoms with Crippen LogP contribution in [0.2, 0.25) is 0 Å². The van der Waals surface area contributed by atoms with Gasteiger partial charge in [0.25, 0.3) is 0 Å². The molecule has 0 heterocycles. The molecular weight excluding hydrogens is 214 g/mol. The van der Waals surface area contributed by atoms with Crippen LogP contribution in [0.5, 0.6) is 11.5 Å². The smallest absolute Gasteiger partial charge is 0.122 e. The Kier molecular flexibility index (Phi) is 5.29. The number of rotatable bonds is 6. The van der Waals surface area contributed by atoms with Gasteiger partial charge in [-0.15, -0.1) is 0 Å². The lowest BCUT2D eigenvalue weighted by molar-refractivity contribution is 0.391. The summed E-state index contributed by atoms with van der Waals surface area (Å²) in [4.78, 5) is 0. The summed E-state index contributed by atoms with van der Waals surface area (Å²) >= 11 is 0. The summed E-state index contributed by atoms with van der Waals surface area (Å²) in [7, 11) is 3.36. The van der Waals surface area contributed by atoms with Crippen molar-refractivity contribution in [2.75, 3.05) is 20.8 Å². The van der Waals surface area contributed by atoms with Gasteiger partial charge in [-0.2, -0.15) is 0 Å². The summed E-state index contributed by atoms with van der Waals surface area (Å²) in [6, 6.07) is 6.47. The van der Waals surface area contributed by atoms with E-state index in [-0.39, 0.29) is 0 Å². The predicted molar refractivity (Wildman–Crippen MR) is 71.1 cm³/mol. The molecular formula is C14H23NO2. The van der Waals surface area contributed by atoms with E-state index in [1.54, 1.807) is 14.2 Å². The third-order valence-electron chi connectivity index (χ3n) is 3.18. The Bertz CT molecular complexity index is 330. The van der Waals surface area contributed by atoms with E-state index in [1.165, 1.54) is 5.56 Å². The zero-order chi connectivity index (χ0) is 12.8. The van der Waals surface area contributed by atoms with Gasteiger partial charge in [0.1, 0.15) is 11.5 Å². The molecule has 0 aromatic heterocycles. The maximum atomic E-state index is 5.29. The van der Waals surface area contributed by atoms with Gasteiger partial charge >= 0.3 is 0 Å². The van der Waals surface area contributed by atoms with Gasteiger partial charge in [0, 0.05) is 12.1 Å². The first-order valence-corrected chi connectivity index (χ1v) is 6.08. The van der Waals surface area contributed by atoms with E-state index in [4.69, 9.17) is 9.47 Å². The molecule has 0 aliphatic rings. The summed E-state index contributed by atoms with van der Waals surface area (Å²) in [6.45, 7) is 7.50. The van der Waals surface area contributed by atoms with Crippen molar-refractivity contribution < 1.29 is 9.47 Å². The summed E-state index contributed by atoms with van der Waals surface area (Å²) in [5.41, 5.74) is 1.23. The van der Waals surface area contributed by atoms with Gasteiger partial charge in [-0.25, -0.2) is 0 Å². The second-order valence-corrected chi connectivity index (χ2v) is 4.28. The average molecular weight is 237 g/mol. The average Bonchev–Trinajstić information content (AvgIpc) is 2.37. The molecule has 0 bridgehead atoms. The van der Waals surface area contributed by atoms with Gasteiger partial charge in [0.05, 0.1) is 14.2 Å². The largest absolute Gasteiger partial charge is 0.497 e. The molecule has 3 heteroatoms. The van der Waals surface area contributed by atoms with Crippen LogP contribution in [-0.4, -0.2) is 26.8 Å². The third-order valence-corrected chi connectivity index (χ3v) is 3.18. The second-order valence-electron chi connectivity index (χ2n) is 4.28. The Balaban J connectivity index is 2.95. The molecule has 0 radical (unpaired) electrons. The summed E-state index contributed by atoms with van der Waals surface area (Å²) in [5.74, 6) is 2.10. The van der Waals surface area contributed by atoms with Crippen LogP contribution in [0.4, 0.5) is 0 Å². The maximum Gasteiger partial charge on any atom is 0.122 e. The Morgan fingerprint density at radius 1 is 1.06 bits per heavy atom. The number of hydrogen-bond donors (Lipinski definition) is 1. The zero-order valence-corrected chi connectivity index (χ0v) is 11.4. The van der Waals surface area contributed by atoms with Crippen LogP contribution in [0.3, 0.4) is 0 Å². The maximum absolute atomic E-state index is 5.29. The van der Waals surface area contributed by atoms with E-state index in [1.807, 2.05) is 6.07 Å². The van der Waals surface area contributed by atoms with Gasteiger partial charge < -0.3 is 14.8 Å². The van der Waals surface area contributed by atoms with Crippen molar-refractivity contribution in [2.45, 2.75) is 32.7 Å². The lowest BCUT2D eigenvalue weighted by Crippen LogP contribution is -2.30. The Morgan fingerprint density at radius 2 is 1.59 bits per heavy atom. The van der Waals surface area contributed by atoms with E-state index >= 15 is 0 Å². The number of hydrogen-bond acceptors (Lipinski definition) is 3. The van der Waals surface area contributed by atoms with E-state index in [2.05, 4.69) is 38.2 Å². The number of nitrogens with one attached hydrogen (secondary N) is 1. The fourth-order valence-electron chi connectivity index (χ4n) is 1.88. The van der Waals surface area contributed by atoms with Crippen LogP contribution in [0, 0.1) is 0 Å². The molecule has 1 aromatic rings. The molecule has 96 valence electrons. The number of methoxy groups -OCH3 is 2. The van der Waals surface area contributed by atoms with Gasteiger partial charge in [-0.1, -0.05) is 13.8 Å². The van der Waals surface area contributed by atoms with E-state index in [0.29, 0.717) is 12.0 Å². The quantitative estimate of drug-likeness (QED) is 0.825. The van der Waals surface area contributed by atoms with Crippen molar-refractivity contribution in [1.29, 1.82) is 0 Å². The topological polar surface area (TPSA) is 30.5 Å². The lowest BCUT2D eigenvalue weighted by Gasteiger charge is -2.22. The Morgan fingerprint density at radius 3 is 2.00 bits per heavy atom. The van der Waals surface area contributed by atoms with Crippen molar-refractivity contribution in [2.24, 2.45) is 0 Å². The molecule has 0 fully saturated rings. The van der Waals surface area contributed by atoms with Gasteiger partial charge in [0.15, 0.2) is 0 Å². The van der Waals surface area contributed by atoms with E-state index < -0.39 is 0 Å². The zero-order valence-electron chi connectivity index (χ0n) is 11.4. The molecule has 2 atom stereocenters. The fraction of sp³-hybridized carbons (Fsp3) is 0.571. The van der Waals surface area contributed by atoms with Crippen molar-refractivity contribution in [3.8, 4) is 11.5 Å². The molecule has 0 spiro atoms. The van der Waals surface area contributed by atoms with Crippen molar-refractivity contribution in [1.82, 2.24) is 5.32 Å². The molecule has 0 aliphatic heterocycles. The number of benzene rings is 1. The molecule has 0 aliphatic carbocycles. The first kappa shape index (κ1) is 13.8. The van der Waals surface area contributed by atoms with Gasteiger partial charge in [-0.3, -0.25) is 0 Å². The van der Waals surface area contributed by atoms with Crippen LogP contribution in [-0.2, 0) is 0 Å². The Hall–Kier alpha value is -1.22. The normalized spacial score (nSPS) is 14.2. The van der Waals surface area contributed by atoms with Crippen molar-refractivity contribution in [3.63, 3.8) is 0 Å². The van der Waals surface area contributed by atoms with Crippen molar-refractivity contribution in [3.05, 3.63) is 23.8 Å².